The van der Waals surface area contributed by atoms with Crippen molar-refractivity contribution in [1.82, 2.24) is 5.32 Å². The molecule has 0 bridgehead atoms. The van der Waals surface area contributed by atoms with Crippen molar-refractivity contribution in [3.05, 3.63) is 28.0 Å². The first-order chi connectivity index (χ1) is 8.88. The van der Waals surface area contributed by atoms with Crippen LogP contribution in [0.3, 0.4) is 0 Å². The second-order valence-corrected chi connectivity index (χ2v) is 5.15. The molecule has 1 aromatic carbocycles. The van der Waals surface area contributed by atoms with Gasteiger partial charge in [0.15, 0.2) is 5.82 Å². The van der Waals surface area contributed by atoms with Crippen molar-refractivity contribution < 1.29 is 9.18 Å². The first kappa shape index (κ1) is 15.8. The molecule has 1 atom stereocenters. The number of anilines is 1. The molecule has 19 heavy (non-hydrogen) atoms. The summed E-state index contributed by atoms with van der Waals surface area (Å²) in [6, 6.07) is 2.56. The minimum atomic E-state index is -0.544. The predicted octanol–water partition coefficient (Wildman–Crippen LogP) is 2.16. The molecule has 1 rings (SSSR count). The Morgan fingerprint density at radius 2 is 2.21 bits per heavy atom. The van der Waals surface area contributed by atoms with Crippen LogP contribution >= 0.6 is 28.1 Å². The van der Waals surface area contributed by atoms with Gasteiger partial charge in [0.25, 0.3) is 0 Å². The Kier molecular flexibility index (Phi) is 5.68. The molecule has 0 aliphatic carbocycles. The van der Waals surface area contributed by atoms with Crippen LogP contribution in [0.2, 0.25) is 0 Å². The smallest absolute Gasteiger partial charge is 0.242 e. The summed E-state index contributed by atoms with van der Waals surface area (Å²) in [5.41, 5.74) is 6.11. The number of nitrogens with two attached hydrogens (primary N) is 1. The van der Waals surface area contributed by atoms with E-state index in [9.17, 15) is 9.18 Å². The van der Waals surface area contributed by atoms with Gasteiger partial charge < -0.3 is 16.4 Å². The number of halogens is 2. The summed E-state index contributed by atoms with van der Waals surface area (Å²) in [4.78, 5) is 11.7. The lowest BCUT2D eigenvalue weighted by Gasteiger charge is -2.16. The molecular formula is C12H15BrFN3OS. The maximum Gasteiger partial charge on any atom is 0.242 e. The molecule has 1 unspecified atom stereocenters. The number of likely N-dealkylation sites (N-methyl/N-ethyl adjacent to an activating group) is 1. The Bertz CT molecular complexity index is 510. The molecular weight excluding hydrogens is 333 g/mol. The van der Waals surface area contributed by atoms with Gasteiger partial charge in [-0.05, 0) is 41.9 Å². The topological polar surface area (TPSA) is 67.2 Å². The van der Waals surface area contributed by atoms with Crippen molar-refractivity contribution in [1.29, 1.82) is 0 Å². The highest BCUT2D eigenvalue weighted by Crippen LogP contribution is 2.27. The van der Waals surface area contributed by atoms with E-state index in [0.717, 1.165) is 0 Å². The van der Waals surface area contributed by atoms with Gasteiger partial charge in [0, 0.05) is 12.1 Å². The fourth-order valence-corrected chi connectivity index (χ4v) is 2.34. The van der Waals surface area contributed by atoms with Crippen LogP contribution in [0.15, 0.2) is 16.6 Å². The molecule has 4 N–H and O–H groups in total. The van der Waals surface area contributed by atoms with Crippen LogP contribution in [-0.4, -0.2) is 23.5 Å². The maximum atomic E-state index is 14.1. The monoisotopic (exact) mass is 347 g/mol. The Morgan fingerprint density at radius 1 is 1.58 bits per heavy atom. The van der Waals surface area contributed by atoms with Crippen molar-refractivity contribution in [3.8, 4) is 0 Å². The lowest BCUT2D eigenvalue weighted by Crippen LogP contribution is -2.37. The normalized spacial score (nSPS) is 11.8. The van der Waals surface area contributed by atoms with Gasteiger partial charge in [-0.3, -0.25) is 4.79 Å². The van der Waals surface area contributed by atoms with E-state index in [1.807, 2.05) is 6.92 Å². The van der Waals surface area contributed by atoms with Gasteiger partial charge in [0.05, 0.1) is 10.2 Å². The molecule has 1 amide bonds. The maximum absolute atomic E-state index is 14.1. The van der Waals surface area contributed by atoms with Gasteiger partial charge in [0.1, 0.15) is 11.0 Å². The number of benzene rings is 1. The average molecular weight is 348 g/mol. The highest BCUT2D eigenvalue weighted by molar-refractivity contribution is 9.10. The minimum Gasteiger partial charge on any atom is -0.389 e. The van der Waals surface area contributed by atoms with E-state index in [1.54, 1.807) is 13.0 Å². The Morgan fingerprint density at radius 3 is 2.74 bits per heavy atom. The van der Waals surface area contributed by atoms with Crippen molar-refractivity contribution >= 4 is 44.7 Å². The zero-order valence-corrected chi connectivity index (χ0v) is 13.0. The van der Waals surface area contributed by atoms with Crippen LogP contribution in [-0.2, 0) is 4.79 Å². The minimum absolute atomic E-state index is 0.106. The van der Waals surface area contributed by atoms with E-state index in [4.69, 9.17) is 18.0 Å². The molecule has 1 aromatic rings. The van der Waals surface area contributed by atoms with Crippen LogP contribution in [0, 0.1) is 5.82 Å². The third kappa shape index (κ3) is 3.87. The zero-order chi connectivity index (χ0) is 14.6. The van der Waals surface area contributed by atoms with Crippen molar-refractivity contribution in [3.63, 3.8) is 0 Å². The Hall–Kier alpha value is -1.21. The first-order valence-corrected chi connectivity index (χ1v) is 6.90. The van der Waals surface area contributed by atoms with Crippen LogP contribution in [0.1, 0.15) is 19.4 Å². The molecule has 0 heterocycles. The highest BCUT2D eigenvalue weighted by Gasteiger charge is 2.17. The standard InChI is InChI=1S/C12H15BrFN3OS/c1-3-16-12(18)6(2)17-8-5-4-7(11(15)19)9(13)10(8)14/h4-6,17H,3H2,1-2H3,(H2,15,19)(H,16,18). The van der Waals surface area contributed by atoms with Gasteiger partial charge in [-0.1, -0.05) is 12.2 Å². The SMILES string of the molecule is CCNC(=O)C(C)Nc1ccc(C(N)=S)c(Br)c1F. The molecule has 0 saturated carbocycles. The van der Waals surface area contributed by atoms with Gasteiger partial charge >= 0.3 is 0 Å². The number of amides is 1. The third-order valence-electron chi connectivity index (χ3n) is 2.46. The number of rotatable bonds is 5. The molecule has 7 heteroatoms. The molecule has 104 valence electrons. The number of thiocarbonyl (C=S) groups is 1. The molecule has 0 fully saturated rings. The van der Waals surface area contributed by atoms with E-state index in [1.165, 1.54) is 6.07 Å². The number of hydrogen-bond donors (Lipinski definition) is 3. The average Bonchev–Trinajstić information content (AvgIpc) is 2.34. The zero-order valence-electron chi connectivity index (χ0n) is 10.6. The first-order valence-electron chi connectivity index (χ1n) is 5.70. The molecule has 0 aromatic heterocycles. The van der Waals surface area contributed by atoms with Gasteiger partial charge in [-0.25, -0.2) is 4.39 Å². The summed E-state index contributed by atoms with van der Waals surface area (Å²) in [7, 11) is 0. The predicted molar refractivity (Wildman–Crippen MR) is 81.8 cm³/mol. The van der Waals surface area contributed by atoms with Crippen molar-refractivity contribution in [2.45, 2.75) is 19.9 Å². The van der Waals surface area contributed by atoms with Crippen molar-refractivity contribution in [2.24, 2.45) is 5.73 Å². The lowest BCUT2D eigenvalue weighted by molar-refractivity contribution is -0.121. The largest absolute Gasteiger partial charge is 0.389 e. The van der Waals surface area contributed by atoms with E-state index in [0.29, 0.717) is 12.1 Å². The van der Waals surface area contributed by atoms with E-state index in [2.05, 4.69) is 26.6 Å². The number of nitrogens with one attached hydrogen (secondary N) is 2. The summed E-state index contributed by atoms with van der Waals surface area (Å²) in [5, 5.41) is 5.45. The number of hydrogen-bond acceptors (Lipinski definition) is 3. The molecule has 4 nitrogen and oxygen atoms in total. The summed E-state index contributed by atoms with van der Waals surface area (Å²) in [5.74, 6) is -0.724. The second kappa shape index (κ2) is 6.81. The number of carbonyl (C=O) groups is 1. The lowest BCUT2D eigenvalue weighted by atomic mass is 10.2. The second-order valence-electron chi connectivity index (χ2n) is 3.91. The van der Waals surface area contributed by atoms with Crippen molar-refractivity contribution in [2.75, 3.05) is 11.9 Å². The van der Waals surface area contributed by atoms with Gasteiger partial charge in [-0.15, -0.1) is 0 Å². The van der Waals surface area contributed by atoms with Crippen LogP contribution in [0.4, 0.5) is 10.1 Å². The summed E-state index contributed by atoms with van der Waals surface area (Å²) < 4.78 is 14.3. The third-order valence-corrected chi connectivity index (χ3v) is 3.46. The summed E-state index contributed by atoms with van der Waals surface area (Å²) in [6.07, 6.45) is 0. The van der Waals surface area contributed by atoms with Crippen LogP contribution in [0.25, 0.3) is 0 Å². The molecule has 0 aliphatic heterocycles. The summed E-state index contributed by atoms with van der Waals surface area (Å²) in [6.45, 7) is 4.00. The molecule has 0 spiro atoms. The molecule has 0 aliphatic rings. The fraction of sp³-hybridized carbons (Fsp3) is 0.333. The van der Waals surface area contributed by atoms with Gasteiger partial charge in [0.2, 0.25) is 5.91 Å². The highest BCUT2D eigenvalue weighted by atomic mass is 79.9. The quantitative estimate of drug-likeness (QED) is 0.714. The van der Waals surface area contributed by atoms with E-state index in [-0.39, 0.29) is 21.1 Å². The number of carbonyl (C=O) groups excluding carboxylic acids is 1. The van der Waals surface area contributed by atoms with Gasteiger partial charge in [-0.2, -0.15) is 0 Å². The Labute approximate surface area is 125 Å². The Balaban J connectivity index is 2.95. The fourth-order valence-electron chi connectivity index (χ4n) is 1.48. The molecule has 0 radical (unpaired) electrons. The van der Waals surface area contributed by atoms with E-state index >= 15 is 0 Å². The van der Waals surface area contributed by atoms with Crippen LogP contribution < -0.4 is 16.4 Å². The summed E-state index contributed by atoms with van der Waals surface area (Å²) >= 11 is 7.92. The van der Waals surface area contributed by atoms with Crippen LogP contribution in [0.5, 0.6) is 0 Å². The van der Waals surface area contributed by atoms with E-state index < -0.39 is 11.9 Å². The molecule has 0 saturated heterocycles.